The normalized spacial score (nSPS) is 16.3. The molecule has 37 heavy (non-hydrogen) atoms. The number of para-hydroxylation sites is 1. The molecule has 3 rings (SSSR count). The third kappa shape index (κ3) is 7.47. The maximum atomic E-state index is 13.1. The van der Waals surface area contributed by atoms with E-state index in [2.05, 4.69) is 15.6 Å². The molecule has 0 radical (unpaired) electrons. The molecule has 3 amide bonds. The molecule has 0 saturated carbocycles. The van der Waals surface area contributed by atoms with Crippen LogP contribution in [0.5, 0.6) is 0 Å². The predicted molar refractivity (Wildman–Crippen MR) is 139 cm³/mol. The zero-order valence-electron chi connectivity index (χ0n) is 22.2. The predicted octanol–water partition coefficient (Wildman–Crippen LogP) is 3.07. The number of carbonyl (C=O) groups is 4. The van der Waals surface area contributed by atoms with Gasteiger partial charge in [0.25, 0.3) is 0 Å². The van der Waals surface area contributed by atoms with Gasteiger partial charge in [0.2, 0.25) is 11.8 Å². The second-order valence-corrected chi connectivity index (χ2v) is 10.9. The van der Waals surface area contributed by atoms with Gasteiger partial charge in [-0.05, 0) is 51.2 Å². The first-order chi connectivity index (χ1) is 17.4. The Morgan fingerprint density at radius 3 is 2.35 bits per heavy atom. The number of rotatable bonds is 8. The van der Waals surface area contributed by atoms with Crippen LogP contribution in [0.1, 0.15) is 53.0 Å². The average Bonchev–Trinajstić information content (AvgIpc) is 3.23. The second kappa shape index (κ2) is 11.7. The molecular formula is C27H38N4O6. The summed E-state index contributed by atoms with van der Waals surface area (Å²) < 4.78 is 5.30. The number of H-pyrrole nitrogens is 1. The van der Waals surface area contributed by atoms with Crippen LogP contribution in [0, 0.1) is 11.8 Å². The summed E-state index contributed by atoms with van der Waals surface area (Å²) >= 11 is 0. The number of carboxylic acids is 1. The highest BCUT2D eigenvalue weighted by atomic mass is 16.6. The van der Waals surface area contributed by atoms with E-state index in [1.54, 1.807) is 31.9 Å². The number of hydrogen-bond donors (Lipinski definition) is 4. The molecule has 2 heterocycles. The number of nitrogens with zero attached hydrogens (tertiary/aromatic N) is 1. The van der Waals surface area contributed by atoms with Gasteiger partial charge in [-0.1, -0.05) is 32.0 Å². The molecule has 0 spiro atoms. The Morgan fingerprint density at radius 1 is 1.11 bits per heavy atom. The molecular weight excluding hydrogens is 476 g/mol. The van der Waals surface area contributed by atoms with E-state index in [4.69, 9.17) is 4.74 Å². The van der Waals surface area contributed by atoms with Crippen LogP contribution in [-0.4, -0.2) is 69.6 Å². The molecule has 0 unspecified atom stereocenters. The van der Waals surface area contributed by atoms with Crippen molar-refractivity contribution in [2.24, 2.45) is 11.8 Å². The summed E-state index contributed by atoms with van der Waals surface area (Å²) in [7, 11) is 0. The number of carboxylic acid groups (broad SMARTS) is 1. The fraction of sp³-hybridized carbons (Fsp3) is 0.556. The molecule has 10 nitrogen and oxygen atoms in total. The number of aromatic amines is 1. The lowest BCUT2D eigenvalue weighted by atomic mass is 9.93. The molecule has 202 valence electrons. The van der Waals surface area contributed by atoms with E-state index in [1.807, 2.05) is 38.1 Å². The van der Waals surface area contributed by atoms with E-state index < -0.39 is 35.7 Å². The van der Waals surface area contributed by atoms with Crippen LogP contribution in [0.25, 0.3) is 10.9 Å². The maximum absolute atomic E-state index is 13.1. The first-order valence-electron chi connectivity index (χ1n) is 12.7. The van der Waals surface area contributed by atoms with Crippen molar-refractivity contribution in [3.8, 4) is 0 Å². The molecule has 0 aliphatic carbocycles. The van der Waals surface area contributed by atoms with Gasteiger partial charge in [-0.2, -0.15) is 0 Å². The molecule has 2 atom stereocenters. The van der Waals surface area contributed by atoms with Crippen molar-refractivity contribution in [1.82, 2.24) is 20.5 Å². The van der Waals surface area contributed by atoms with E-state index >= 15 is 0 Å². The lowest BCUT2D eigenvalue weighted by Gasteiger charge is -2.35. The van der Waals surface area contributed by atoms with Gasteiger partial charge in [-0.15, -0.1) is 0 Å². The highest BCUT2D eigenvalue weighted by molar-refractivity contribution is 5.88. The van der Waals surface area contributed by atoms with Gasteiger partial charge in [-0.3, -0.25) is 9.59 Å². The Morgan fingerprint density at radius 2 is 1.76 bits per heavy atom. The smallest absolute Gasteiger partial charge is 0.408 e. The van der Waals surface area contributed by atoms with Crippen molar-refractivity contribution >= 4 is 34.8 Å². The molecule has 0 bridgehead atoms. The lowest BCUT2D eigenvalue weighted by Crippen LogP contribution is -2.54. The number of amides is 3. The van der Waals surface area contributed by atoms with E-state index in [1.165, 1.54) is 0 Å². The van der Waals surface area contributed by atoms with Crippen molar-refractivity contribution in [3.63, 3.8) is 0 Å². The summed E-state index contributed by atoms with van der Waals surface area (Å²) in [5.74, 6) is -2.19. The highest BCUT2D eigenvalue weighted by Gasteiger charge is 2.35. The zero-order valence-corrected chi connectivity index (χ0v) is 22.2. The first-order valence-corrected chi connectivity index (χ1v) is 12.7. The van der Waals surface area contributed by atoms with Crippen LogP contribution in [-0.2, 0) is 25.5 Å². The van der Waals surface area contributed by atoms with Gasteiger partial charge in [0, 0.05) is 42.5 Å². The van der Waals surface area contributed by atoms with Gasteiger partial charge in [-0.25, -0.2) is 9.59 Å². The standard InChI is InChI=1S/C27H38N4O6/c1-16(2)22(30-26(36)37-27(3,4)5)24(33)31-12-10-17(11-13-31)23(32)29-21(25(34)35)14-18-15-28-20-9-7-6-8-19(18)20/h6-9,15-17,21-22,28H,10-14H2,1-5H3,(H,29,32)(H,30,36)(H,34,35)/t21-,22-/m0/s1. The summed E-state index contributed by atoms with van der Waals surface area (Å²) in [5.41, 5.74) is 1.05. The summed E-state index contributed by atoms with van der Waals surface area (Å²) in [5, 5.41) is 16.0. The number of alkyl carbamates (subject to hydrolysis) is 1. The Balaban J connectivity index is 1.56. The fourth-order valence-corrected chi connectivity index (χ4v) is 4.52. The Kier molecular flexibility index (Phi) is 8.83. The Labute approximate surface area is 217 Å². The number of carbonyl (C=O) groups excluding carboxylic acids is 3. The van der Waals surface area contributed by atoms with E-state index in [0.29, 0.717) is 25.9 Å². The monoisotopic (exact) mass is 514 g/mol. The number of aliphatic carboxylic acids is 1. The highest BCUT2D eigenvalue weighted by Crippen LogP contribution is 2.22. The maximum Gasteiger partial charge on any atom is 0.408 e. The summed E-state index contributed by atoms with van der Waals surface area (Å²) in [6.07, 6.45) is 2.11. The van der Waals surface area contributed by atoms with Crippen molar-refractivity contribution < 1.29 is 29.0 Å². The molecule has 1 aliphatic rings. The number of likely N-dealkylation sites (tertiary alicyclic amines) is 1. The van der Waals surface area contributed by atoms with Gasteiger partial charge in [0.1, 0.15) is 17.7 Å². The van der Waals surface area contributed by atoms with Crippen LogP contribution in [0.3, 0.4) is 0 Å². The second-order valence-electron chi connectivity index (χ2n) is 10.9. The van der Waals surface area contributed by atoms with Gasteiger partial charge < -0.3 is 30.4 Å². The minimum absolute atomic E-state index is 0.151. The molecule has 1 aliphatic heterocycles. The molecule has 4 N–H and O–H groups in total. The molecule has 10 heteroatoms. The largest absolute Gasteiger partial charge is 0.480 e. The SMILES string of the molecule is CC(C)[C@H](NC(=O)OC(C)(C)C)C(=O)N1CCC(C(=O)N[C@@H](Cc2c[nH]c3ccccc23)C(=O)O)CC1. The molecule has 1 aromatic heterocycles. The number of ether oxygens (including phenoxy) is 1. The zero-order chi connectivity index (χ0) is 27.3. The third-order valence-electron chi connectivity index (χ3n) is 6.50. The third-order valence-corrected chi connectivity index (χ3v) is 6.50. The van der Waals surface area contributed by atoms with Crippen LogP contribution < -0.4 is 10.6 Å². The van der Waals surface area contributed by atoms with Crippen LogP contribution in [0.4, 0.5) is 4.79 Å². The van der Waals surface area contributed by atoms with E-state index in [9.17, 15) is 24.3 Å². The molecule has 1 fully saturated rings. The van der Waals surface area contributed by atoms with E-state index in [-0.39, 0.29) is 24.2 Å². The molecule has 2 aromatic rings. The summed E-state index contributed by atoms with van der Waals surface area (Å²) in [6, 6.07) is 5.80. The van der Waals surface area contributed by atoms with Crippen molar-refractivity contribution in [1.29, 1.82) is 0 Å². The molecule has 1 aromatic carbocycles. The lowest BCUT2D eigenvalue weighted by molar-refractivity contribution is -0.143. The van der Waals surface area contributed by atoms with E-state index in [0.717, 1.165) is 16.5 Å². The van der Waals surface area contributed by atoms with Gasteiger partial charge >= 0.3 is 12.1 Å². The number of piperidine rings is 1. The van der Waals surface area contributed by atoms with Crippen LogP contribution in [0.2, 0.25) is 0 Å². The number of aromatic nitrogens is 1. The van der Waals surface area contributed by atoms with Crippen molar-refractivity contribution in [2.45, 2.75) is 71.6 Å². The van der Waals surface area contributed by atoms with Crippen molar-refractivity contribution in [3.05, 3.63) is 36.0 Å². The van der Waals surface area contributed by atoms with Crippen LogP contribution >= 0.6 is 0 Å². The fourth-order valence-electron chi connectivity index (χ4n) is 4.52. The Hall–Kier alpha value is -3.56. The number of hydrogen-bond acceptors (Lipinski definition) is 5. The number of nitrogens with one attached hydrogen (secondary N) is 3. The van der Waals surface area contributed by atoms with Crippen molar-refractivity contribution in [2.75, 3.05) is 13.1 Å². The number of benzene rings is 1. The quantitative estimate of drug-likeness (QED) is 0.427. The average molecular weight is 515 g/mol. The minimum Gasteiger partial charge on any atom is -0.480 e. The summed E-state index contributed by atoms with van der Waals surface area (Å²) in [4.78, 5) is 55.0. The summed E-state index contributed by atoms with van der Waals surface area (Å²) in [6.45, 7) is 9.64. The minimum atomic E-state index is -1.10. The number of fused-ring (bicyclic) bond motifs is 1. The van der Waals surface area contributed by atoms with Crippen LogP contribution in [0.15, 0.2) is 30.5 Å². The Bertz CT molecular complexity index is 1130. The topological polar surface area (TPSA) is 141 Å². The van der Waals surface area contributed by atoms with Gasteiger partial charge in [0.15, 0.2) is 0 Å². The molecule has 1 saturated heterocycles. The van der Waals surface area contributed by atoms with Gasteiger partial charge in [0.05, 0.1) is 0 Å². The first kappa shape index (κ1) is 28.0.